The molecular weight excluding hydrogens is 303 g/mol. The second-order valence-corrected chi connectivity index (χ2v) is 4.52. The van der Waals surface area contributed by atoms with E-state index in [2.05, 4.69) is 5.32 Å². The van der Waals surface area contributed by atoms with E-state index in [9.17, 15) is 19.3 Å². The van der Waals surface area contributed by atoms with E-state index < -0.39 is 16.6 Å². The molecule has 1 N–H and O–H groups in total. The van der Waals surface area contributed by atoms with Crippen LogP contribution >= 0.6 is 0 Å². The summed E-state index contributed by atoms with van der Waals surface area (Å²) in [6.45, 7) is 0. The minimum Gasteiger partial charge on any atom is -0.497 e. The van der Waals surface area contributed by atoms with Gasteiger partial charge in [0.15, 0.2) is 0 Å². The molecule has 23 heavy (non-hydrogen) atoms. The highest BCUT2D eigenvalue weighted by atomic mass is 19.1. The van der Waals surface area contributed by atoms with Crippen molar-refractivity contribution >= 4 is 23.4 Å². The number of halogens is 1. The highest BCUT2D eigenvalue weighted by molar-refractivity contribution is 6.02. The van der Waals surface area contributed by atoms with Crippen LogP contribution in [0.25, 0.3) is 6.08 Å². The highest BCUT2D eigenvalue weighted by Gasteiger charge is 2.12. The van der Waals surface area contributed by atoms with Crippen LogP contribution in [0.2, 0.25) is 0 Å². The number of anilines is 1. The number of nitrogens with one attached hydrogen (secondary N) is 1. The van der Waals surface area contributed by atoms with Crippen LogP contribution in [0, 0.1) is 15.9 Å². The number of nitro groups is 1. The van der Waals surface area contributed by atoms with E-state index in [0.29, 0.717) is 5.75 Å². The molecule has 0 heterocycles. The standard InChI is InChI=1S/C16H13FN2O4/c1-23-13-4-2-3-11(9-13)5-8-16(20)18-15-10-12(19(21)22)6-7-14(15)17/h2-10H,1H3,(H,18,20). The van der Waals surface area contributed by atoms with Gasteiger partial charge in [-0.15, -0.1) is 0 Å². The molecule has 0 unspecified atom stereocenters. The first-order chi connectivity index (χ1) is 11.0. The van der Waals surface area contributed by atoms with Crippen molar-refractivity contribution in [1.29, 1.82) is 0 Å². The van der Waals surface area contributed by atoms with Gasteiger partial charge >= 0.3 is 0 Å². The molecule has 2 rings (SSSR count). The Morgan fingerprint density at radius 3 is 2.78 bits per heavy atom. The van der Waals surface area contributed by atoms with E-state index in [0.717, 1.165) is 23.8 Å². The summed E-state index contributed by atoms with van der Waals surface area (Å²) in [7, 11) is 1.53. The first-order valence-corrected chi connectivity index (χ1v) is 6.56. The first-order valence-electron chi connectivity index (χ1n) is 6.56. The molecule has 118 valence electrons. The molecule has 2 aromatic carbocycles. The number of rotatable bonds is 5. The third-order valence-corrected chi connectivity index (χ3v) is 2.94. The van der Waals surface area contributed by atoms with E-state index in [1.807, 2.05) is 0 Å². The predicted octanol–water partition coefficient (Wildman–Crippen LogP) is 3.39. The Bertz CT molecular complexity index is 774. The van der Waals surface area contributed by atoms with Crippen LogP contribution in [0.15, 0.2) is 48.5 Å². The minimum absolute atomic E-state index is 0.250. The summed E-state index contributed by atoms with van der Waals surface area (Å²) >= 11 is 0. The van der Waals surface area contributed by atoms with Crippen molar-refractivity contribution in [2.75, 3.05) is 12.4 Å². The molecule has 0 aromatic heterocycles. The zero-order valence-electron chi connectivity index (χ0n) is 12.2. The molecule has 0 saturated carbocycles. The SMILES string of the molecule is COc1cccc(C=CC(=O)Nc2cc([N+](=O)[O-])ccc2F)c1. The first kappa shape index (κ1) is 16.2. The van der Waals surface area contributed by atoms with Gasteiger partial charge in [-0.05, 0) is 29.8 Å². The minimum atomic E-state index is -0.751. The molecule has 0 aliphatic carbocycles. The summed E-state index contributed by atoms with van der Waals surface area (Å²) in [6.07, 6.45) is 2.72. The highest BCUT2D eigenvalue weighted by Crippen LogP contribution is 2.21. The lowest BCUT2D eigenvalue weighted by atomic mass is 10.2. The molecule has 0 radical (unpaired) electrons. The van der Waals surface area contributed by atoms with Crippen LogP contribution in [0.3, 0.4) is 0 Å². The van der Waals surface area contributed by atoms with Gasteiger partial charge in [0, 0.05) is 18.2 Å². The number of non-ortho nitro benzene ring substituents is 1. The number of carbonyl (C=O) groups is 1. The van der Waals surface area contributed by atoms with Crippen molar-refractivity contribution in [3.63, 3.8) is 0 Å². The van der Waals surface area contributed by atoms with Crippen LogP contribution in [0.1, 0.15) is 5.56 Å². The largest absolute Gasteiger partial charge is 0.497 e. The Labute approximate surface area is 131 Å². The third kappa shape index (κ3) is 4.37. The Balaban J connectivity index is 2.11. The Kier molecular flexibility index (Phi) is 5.03. The van der Waals surface area contributed by atoms with Crippen molar-refractivity contribution in [2.45, 2.75) is 0 Å². The second-order valence-electron chi connectivity index (χ2n) is 4.52. The zero-order valence-corrected chi connectivity index (χ0v) is 12.2. The Morgan fingerprint density at radius 2 is 2.09 bits per heavy atom. The molecule has 0 atom stereocenters. The molecule has 7 heteroatoms. The van der Waals surface area contributed by atoms with Gasteiger partial charge in [-0.25, -0.2) is 4.39 Å². The number of ether oxygens (including phenoxy) is 1. The summed E-state index contributed by atoms with van der Waals surface area (Å²) < 4.78 is 18.6. The third-order valence-electron chi connectivity index (χ3n) is 2.94. The lowest BCUT2D eigenvalue weighted by molar-refractivity contribution is -0.384. The number of amides is 1. The number of hydrogen-bond acceptors (Lipinski definition) is 4. The van der Waals surface area contributed by atoms with Crippen molar-refractivity contribution < 1.29 is 18.8 Å². The monoisotopic (exact) mass is 316 g/mol. The number of benzene rings is 2. The van der Waals surface area contributed by atoms with Gasteiger partial charge in [-0.1, -0.05) is 12.1 Å². The van der Waals surface area contributed by atoms with E-state index in [1.54, 1.807) is 24.3 Å². The van der Waals surface area contributed by atoms with Crippen molar-refractivity contribution in [2.24, 2.45) is 0 Å². The number of nitrogens with zero attached hydrogens (tertiary/aromatic N) is 1. The predicted molar refractivity (Wildman–Crippen MR) is 83.7 cm³/mol. The van der Waals surface area contributed by atoms with Crippen LogP contribution in [-0.4, -0.2) is 17.9 Å². The van der Waals surface area contributed by atoms with Crippen molar-refractivity contribution in [1.82, 2.24) is 0 Å². The smallest absolute Gasteiger partial charge is 0.271 e. The van der Waals surface area contributed by atoms with Gasteiger partial charge in [0.1, 0.15) is 11.6 Å². The summed E-state index contributed by atoms with van der Waals surface area (Å²) in [5.41, 5.74) is 0.164. The molecule has 0 spiro atoms. The van der Waals surface area contributed by atoms with Gasteiger partial charge in [0.2, 0.25) is 5.91 Å². The van der Waals surface area contributed by atoms with Gasteiger partial charge < -0.3 is 10.1 Å². The van der Waals surface area contributed by atoms with Gasteiger partial charge in [0.05, 0.1) is 17.7 Å². The van der Waals surface area contributed by atoms with E-state index in [4.69, 9.17) is 4.74 Å². The molecule has 0 aliphatic rings. The summed E-state index contributed by atoms with van der Waals surface area (Å²) in [4.78, 5) is 21.8. The molecule has 6 nitrogen and oxygen atoms in total. The zero-order chi connectivity index (χ0) is 16.8. The normalized spacial score (nSPS) is 10.5. The van der Waals surface area contributed by atoms with Crippen molar-refractivity contribution in [3.8, 4) is 5.75 Å². The molecule has 1 amide bonds. The number of methoxy groups -OCH3 is 1. The Hall–Kier alpha value is -3.22. The fourth-order valence-corrected chi connectivity index (χ4v) is 1.81. The van der Waals surface area contributed by atoms with E-state index in [-0.39, 0.29) is 11.4 Å². The average molecular weight is 316 g/mol. The van der Waals surface area contributed by atoms with Gasteiger partial charge in [-0.3, -0.25) is 14.9 Å². The summed E-state index contributed by atoms with van der Waals surface area (Å²) in [5, 5.41) is 12.9. The van der Waals surface area contributed by atoms with Crippen LogP contribution in [-0.2, 0) is 4.79 Å². The summed E-state index contributed by atoms with van der Waals surface area (Å²) in [5.74, 6) is -0.719. The average Bonchev–Trinajstić information content (AvgIpc) is 2.55. The lowest BCUT2D eigenvalue weighted by Crippen LogP contribution is -2.09. The fourth-order valence-electron chi connectivity index (χ4n) is 1.81. The van der Waals surface area contributed by atoms with Crippen LogP contribution < -0.4 is 10.1 Å². The molecule has 0 aliphatic heterocycles. The molecule has 0 saturated heterocycles. The van der Waals surface area contributed by atoms with Gasteiger partial charge in [0.25, 0.3) is 5.69 Å². The fraction of sp³-hybridized carbons (Fsp3) is 0.0625. The second kappa shape index (κ2) is 7.17. The number of carbonyl (C=O) groups excluding carboxylic acids is 1. The van der Waals surface area contributed by atoms with Gasteiger partial charge in [-0.2, -0.15) is 0 Å². The molecule has 2 aromatic rings. The van der Waals surface area contributed by atoms with Crippen molar-refractivity contribution in [3.05, 3.63) is 70.0 Å². The quantitative estimate of drug-likeness (QED) is 0.521. The molecule has 0 fully saturated rings. The maximum atomic E-state index is 13.6. The maximum absolute atomic E-state index is 13.6. The Morgan fingerprint density at radius 1 is 1.30 bits per heavy atom. The maximum Gasteiger partial charge on any atom is 0.271 e. The number of hydrogen-bond donors (Lipinski definition) is 1. The van der Waals surface area contributed by atoms with Crippen LogP contribution in [0.5, 0.6) is 5.75 Å². The van der Waals surface area contributed by atoms with Crippen LogP contribution in [0.4, 0.5) is 15.8 Å². The van der Waals surface area contributed by atoms with E-state index >= 15 is 0 Å². The van der Waals surface area contributed by atoms with E-state index in [1.165, 1.54) is 19.3 Å². The topological polar surface area (TPSA) is 81.5 Å². The summed E-state index contributed by atoms with van der Waals surface area (Å²) in [6, 6.07) is 9.92. The number of nitro benzene ring substituents is 1. The lowest BCUT2D eigenvalue weighted by Gasteiger charge is -2.04. The molecular formula is C16H13FN2O4. The molecule has 0 bridgehead atoms.